The molecule has 1 saturated heterocycles. The number of hydrogen-bond acceptors (Lipinski definition) is 2. The van der Waals surface area contributed by atoms with Crippen LogP contribution in [0.2, 0.25) is 0 Å². The number of aryl methyl sites for hydroxylation is 1. The Bertz CT molecular complexity index is 649. The molecule has 1 aromatic heterocycles. The summed E-state index contributed by atoms with van der Waals surface area (Å²) in [7, 11) is 0. The Morgan fingerprint density at radius 2 is 2.10 bits per heavy atom. The van der Waals surface area contributed by atoms with Crippen molar-refractivity contribution in [1.82, 2.24) is 15.1 Å². The lowest BCUT2D eigenvalue weighted by Gasteiger charge is -2.54. The zero-order chi connectivity index (χ0) is 13.7. The summed E-state index contributed by atoms with van der Waals surface area (Å²) in [5.74, 6) is -0.193. The molecule has 1 aliphatic carbocycles. The Morgan fingerprint density at radius 1 is 1.30 bits per heavy atom. The monoisotopic (exact) mass is 271 g/mol. The van der Waals surface area contributed by atoms with Gasteiger partial charge < -0.3 is 5.32 Å². The fraction of sp³-hybridized carbons (Fsp3) is 0.438. The van der Waals surface area contributed by atoms with Crippen molar-refractivity contribution in [1.29, 1.82) is 0 Å². The van der Waals surface area contributed by atoms with E-state index >= 15 is 0 Å². The van der Waals surface area contributed by atoms with Gasteiger partial charge in [-0.05, 0) is 43.4 Å². The Morgan fingerprint density at radius 3 is 2.75 bits per heavy atom. The van der Waals surface area contributed by atoms with E-state index in [1.165, 1.54) is 18.9 Å². The van der Waals surface area contributed by atoms with Crippen LogP contribution in [0.3, 0.4) is 0 Å². The number of hydrogen-bond donors (Lipinski definition) is 1. The van der Waals surface area contributed by atoms with E-state index in [-0.39, 0.29) is 5.82 Å². The fourth-order valence-corrected chi connectivity index (χ4v) is 3.54. The number of rotatable bonds is 2. The first-order valence-corrected chi connectivity index (χ1v) is 7.18. The molecule has 2 heterocycles. The van der Waals surface area contributed by atoms with E-state index in [0.29, 0.717) is 11.5 Å². The maximum Gasteiger partial charge on any atom is 0.123 e. The van der Waals surface area contributed by atoms with Crippen LogP contribution in [0.1, 0.15) is 24.6 Å². The van der Waals surface area contributed by atoms with Crippen LogP contribution in [0, 0.1) is 18.2 Å². The third-order valence-electron chi connectivity index (χ3n) is 4.66. The molecule has 0 amide bonds. The van der Waals surface area contributed by atoms with Crippen LogP contribution in [0.15, 0.2) is 30.3 Å². The molecular weight excluding hydrogens is 253 g/mol. The van der Waals surface area contributed by atoms with Crippen LogP contribution in [0.25, 0.3) is 11.3 Å². The molecule has 1 spiro atoms. The summed E-state index contributed by atoms with van der Waals surface area (Å²) in [6.45, 7) is 4.27. The van der Waals surface area contributed by atoms with Gasteiger partial charge in [0, 0.05) is 18.7 Å². The van der Waals surface area contributed by atoms with E-state index in [1.807, 2.05) is 13.0 Å². The Balaban J connectivity index is 1.67. The van der Waals surface area contributed by atoms with Gasteiger partial charge in [0.2, 0.25) is 0 Å². The van der Waals surface area contributed by atoms with E-state index < -0.39 is 0 Å². The van der Waals surface area contributed by atoms with Gasteiger partial charge in [0.15, 0.2) is 0 Å². The second-order valence-corrected chi connectivity index (χ2v) is 6.29. The minimum absolute atomic E-state index is 0.193. The molecule has 104 valence electrons. The van der Waals surface area contributed by atoms with Gasteiger partial charge in [-0.1, -0.05) is 12.1 Å². The number of benzene rings is 1. The zero-order valence-corrected chi connectivity index (χ0v) is 11.6. The molecule has 2 aromatic rings. The van der Waals surface area contributed by atoms with E-state index in [1.54, 1.807) is 12.1 Å². The van der Waals surface area contributed by atoms with Crippen molar-refractivity contribution in [3.05, 3.63) is 41.8 Å². The molecule has 4 heteroatoms. The van der Waals surface area contributed by atoms with Crippen LogP contribution in [-0.2, 0) is 0 Å². The summed E-state index contributed by atoms with van der Waals surface area (Å²) in [4.78, 5) is 0. The Kier molecular flexibility index (Phi) is 2.51. The molecule has 0 bridgehead atoms. The summed E-state index contributed by atoms with van der Waals surface area (Å²) in [6, 6.07) is 9.30. The minimum atomic E-state index is -0.193. The summed E-state index contributed by atoms with van der Waals surface area (Å²) < 4.78 is 15.5. The van der Waals surface area contributed by atoms with Crippen molar-refractivity contribution >= 4 is 0 Å². The molecule has 2 fully saturated rings. The third kappa shape index (κ3) is 1.79. The number of halogens is 1. The molecule has 1 N–H and O–H groups in total. The Hall–Kier alpha value is -1.68. The number of nitrogens with one attached hydrogen (secondary N) is 1. The average molecular weight is 271 g/mol. The largest absolute Gasteiger partial charge is 0.316 e. The van der Waals surface area contributed by atoms with Gasteiger partial charge in [-0.25, -0.2) is 4.39 Å². The first kappa shape index (κ1) is 12.1. The molecule has 3 nitrogen and oxygen atoms in total. The SMILES string of the molecule is Cc1cc(-c2cccc(F)c2)n(C2CC3(CNC3)C2)n1. The third-order valence-corrected chi connectivity index (χ3v) is 4.66. The summed E-state index contributed by atoms with van der Waals surface area (Å²) >= 11 is 0. The predicted octanol–water partition coefficient (Wildman–Crippen LogP) is 2.92. The molecule has 0 atom stereocenters. The molecular formula is C16H18FN3. The smallest absolute Gasteiger partial charge is 0.123 e. The van der Waals surface area contributed by atoms with Gasteiger partial charge in [0.1, 0.15) is 5.82 Å². The minimum Gasteiger partial charge on any atom is -0.316 e. The molecule has 1 aromatic carbocycles. The number of nitrogens with zero attached hydrogens (tertiary/aromatic N) is 2. The van der Waals surface area contributed by atoms with E-state index in [9.17, 15) is 4.39 Å². The second kappa shape index (κ2) is 4.16. The van der Waals surface area contributed by atoms with Crippen LogP contribution >= 0.6 is 0 Å². The van der Waals surface area contributed by atoms with Crippen molar-refractivity contribution in [3.63, 3.8) is 0 Å². The maximum atomic E-state index is 13.4. The van der Waals surface area contributed by atoms with Gasteiger partial charge in [-0.3, -0.25) is 4.68 Å². The first-order chi connectivity index (χ1) is 9.65. The fourth-order valence-electron chi connectivity index (χ4n) is 3.54. The summed E-state index contributed by atoms with van der Waals surface area (Å²) in [5, 5.41) is 7.99. The van der Waals surface area contributed by atoms with Crippen molar-refractivity contribution in [2.24, 2.45) is 5.41 Å². The van der Waals surface area contributed by atoms with Crippen LogP contribution in [0.5, 0.6) is 0 Å². The highest BCUT2D eigenvalue weighted by atomic mass is 19.1. The van der Waals surface area contributed by atoms with Crippen molar-refractivity contribution in [3.8, 4) is 11.3 Å². The Labute approximate surface area is 117 Å². The van der Waals surface area contributed by atoms with Crippen LogP contribution in [-0.4, -0.2) is 22.9 Å². The molecule has 0 unspecified atom stereocenters. The van der Waals surface area contributed by atoms with E-state index in [4.69, 9.17) is 0 Å². The maximum absolute atomic E-state index is 13.4. The number of aromatic nitrogens is 2. The molecule has 0 radical (unpaired) electrons. The van der Waals surface area contributed by atoms with Gasteiger partial charge in [0.25, 0.3) is 0 Å². The highest BCUT2D eigenvalue weighted by Gasteiger charge is 2.49. The molecule has 1 aliphatic heterocycles. The summed E-state index contributed by atoms with van der Waals surface area (Å²) in [5.41, 5.74) is 3.47. The standard InChI is InChI=1S/C16H18FN3/c1-11-5-15(12-3-2-4-13(17)6-12)20(19-11)14-7-16(8-14)9-18-10-16/h2-6,14,18H,7-10H2,1H3. The van der Waals surface area contributed by atoms with E-state index in [2.05, 4.69) is 21.2 Å². The van der Waals surface area contributed by atoms with Crippen molar-refractivity contribution in [2.75, 3.05) is 13.1 Å². The quantitative estimate of drug-likeness (QED) is 0.910. The van der Waals surface area contributed by atoms with Crippen LogP contribution < -0.4 is 5.32 Å². The first-order valence-electron chi connectivity index (χ1n) is 7.18. The van der Waals surface area contributed by atoms with Crippen LogP contribution in [0.4, 0.5) is 4.39 Å². The lowest BCUT2D eigenvalue weighted by atomic mass is 9.61. The highest BCUT2D eigenvalue weighted by Crippen LogP contribution is 2.51. The molecule has 4 rings (SSSR count). The van der Waals surface area contributed by atoms with Crippen molar-refractivity contribution < 1.29 is 4.39 Å². The summed E-state index contributed by atoms with van der Waals surface area (Å²) in [6.07, 6.45) is 2.37. The lowest BCUT2D eigenvalue weighted by molar-refractivity contribution is 0.00301. The highest BCUT2D eigenvalue weighted by molar-refractivity contribution is 5.60. The van der Waals surface area contributed by atoms with Gasteiger partial charge in [-0.15, -0.1) is 0 Å². The molecule has 20 heavy (non-hydrogen) atoms. The zero-order valence-electron chi connectivity index (χ0n) is 11.6. The van der Waals surface area contributed by atoms with Crippen molar-refractivity contribution in [2.45, 2.75) is 25.8 Å². The topological polar surface area (TPSA) is 29.9 Å². The van der Waals surface area contributed by atoms with Gasteiger partial charge in [0.05, 0.1) is 17.4 Å². The van der Waals surface area contributed by atoms with Gasteiger partial charge >= 0.3 is 0 Å². The lowest BCUT2D eigenvalue weighted by Crippen LogP contribution is -2.60. The average Bonchev–Trinajstić information content (AvgIpc) is 2.68. The molecule has 2 aliphatic rings. The second-order valence-electron chi connectivity index (χ2n) is 6.29. The van der Waals surface area contributed by atoms with Gasteiger partial charge in [-0.2, -0.15) is 5.10 Å². The normalized spacial score (nSPS) is 20.7. The predicted molar refractivity (Wildman–Crippen MR) is 75.9 cm³/mol. The van der Waals surface area contributed by atoms with E-state index in [0.717, 1.165) is 30.0 Å². The molecule has 1 saturated carbocycles.